The monoisotopic (exact) mass is 261 g/mol. The Kier molecular flexibility index (Phi) is 8.77. The van der Waals surface area contributed by atoms with Gasteiger partial charge in [0, 0.05) is 11.8 Å². The van der Waals surface area contributed by atoms with Gasteiger partial charge in [0.15, 0.2) is 6.29 Å². The van der Waals surface area contributed by atoms with Gasteiger partial charge in [-0.2, -0.15) is 0 Å². The SMILES string of the molecule is C/C=C(/C=O)C=NC(C)C(/C=C\C(C)C)=C/C(C)C. The van der Waals surface area contributed by atoms with Gasteiger partial charge < -0.3 is 0 Å². The van der Waals surface area contributed by atoms with Crippen molar-refractivity contribution >= 4 is 12.5 Å². The van der Waals surface area contributed by atoms with Gasteiger partial charge in [0.2, 0.25) is 0 Å². The molecule has 0 amide bonds. The van der Waals surface area contributed by atoms with Gasteiger partial charge >= 0.3 is 0 Å². The van der Waals surface area contributed by atoms with Crippen LogP contribution in [0.15, 0.2) is 40.4 Å². The lowest BCUT2D eigenvalue weighted by Gasteiger charge is -2.10. The van der Waals surface area contributed by atoms with Crippen molar-refractivity contribution in [1.29, 1.82) is 0 Å². The highest BCUT2D eigenvalue weighted by molar-refractivity contribution is 6.01. The van der Waals surface area contributed by atoms with Crippen LogP contribution in [0.2, 0.25) is 0 Å². The lowest BCUT2D eigenvalue weighted by atomic mass is 10.0. The third-order valence-corrected chi connectivity index (χ3v) is 2.60. The molecular formula is C17H27NO. The summed E-state index contributed by atoms with van der Waals surface area (Å²) >= 11 is 0. The van der Waals surface area contributed by atoms with Gasteiger partial charge in [0.1, 0.15) is 0 Å². The maximum atomic E-state index is 10.7. The summed E-state index contributed by atoms with van der Waals surface area (Å²) < 4.78 is 0. The summed E-state index contributed by atoms with van der Waals surface area (Å²) in [5, 5.41) is 0. The molecule has 106 valence electrons. The number of rotatable bonds is 7. The van der Waals surface area contributed by atoms with Gasteiger partial charge in [-0.1, -0.05) is 52.0 Å². The van der Waals surface area contributed by atoms with Gasteiger partial charge in [-0.15, -0.1) is 0 Å². The first-order valence-electron chi connectivity index (χ1n) is 6.95. The van der Waals surface area contributed by atoms with Crippen molar-refractivity contribution in [3.05, 3.63) is 35.5 Å². The number of aliphatic imine (C=N–C) groups is 1. The van der Waals surface area contributed by atoms with Crippen LogP contribution in [0.1, 0.15) is 41.5 Å². The molecule has 0 aliphatic heterocycles. The molecule has 19 heavy (non-hydrogen) atoms. The third-order valence-electron chi connectivity index (χ3n) is 2.60. The highest BCUT2D eigenvalue weighted by Crippen LogP contribution is 2.13. The Balaban J connectivity index is 5.02. The highest BCUT2D eigenvalue weighted by Gasteiger charge is 2.05. The van der Waals surface area contributed by atoms with Crippen molar-refractivity contribution in [2.75, 3.05) is 0 Å². The van der Waals surface area contributed by atoms with E-state index in [1.165, 1.54) is 5.57 Å². The Hall–Kier alpha value is -1.44. The van der Waals surface area contributed by atoms with E-state index in [-0.39, 0.29) is 6.04 Å². The highest BCUT2D eigenvalue weighted by atomic mass is 16.1. The predicted octanol–water partition coefficient (Wildman–Crippen LogP) is 4.39. The molecule has 0 N–H and O–H groups in total. The number of carbonyl (C=O) groups is 1. The Labute approximate surface area is 118 Å². The molecule has 2 heteroatoms. The van der Waals surface area contributed by atoms with Crippen molar-refractivity contribution < 1.29 is 4.79 Å². The Morgan fingerprint density at radius 3 is 2.11 bits per heavy atom. The largest absolute Gasteiger partial charge is 0.298 e. The summed E-state index contributed by atoms with van der Waals surface area (Å²) in [5.41, 5.74) is 1.81. The van der Waals surface area contributed by atoms with Crippen LogP contribution in [0.4, 0.5) is 0 Å². The molecule has 0 spiro atoms. The molecule has 1 atom stereocenters. The minimum absolute atomic E-state index is 0.0623. The second-order valence-corrected chi connectivity index (χ2v) is 5.37. The van der Waals surface area contributed by atoms with Gasteiger partial charge in [-0.25, -0.2) is 0 Å². The summed E-state index contributed by atoms with van der Waals surface area (Å²) in [6.45, 7) is 12.5. The average Bonchev–Trinajstić information content (AvgIpc) is 2.34. The predicted molar refractivity (Wildman–Crippen MR) is 84.7 cm³/mol. The first-order valence-corrected chi connectivity index (χ1v) is 6.95. The molecule has 1 unspecified atom stereocenters. The topological polar surface area (TPSA) is 29.4 Å². The van der Waals surface area contributed by atoms with Gasteiger partial charge in [-0.05, 0) is 31.3 Å². The average molecular weight is 261 g/mol. The standard InChI is InChI=1S/C17H27NO/c1-7-16(12-19)11-18-15(6)17(10-14(4)5)9-8-13(2)3/h7-15H,1-6H3/b9-8-,16-7+,17-10+,18-11?. The molecule has 0 fully saturated rings. The number of hydrogen-bond donors (Lipinski definition) is 0. The summed E-state index contributed by atoms with van der Waals surface area (Å²) in [6, 6.07) is 0.0623. The lowest BCUT2D eigenvalue weighted by molar-refractivity contribution is -0.104. The van der Waals surface area contributed by atoms with Crippen LogP contribution in [0, 0.1) is 11.8 Å². The smallest absolute Gasteiger partial charge is 0.151 e. The second-order valence-electron chi connectivity index (χ2n) is 5.37. The Morgan fingerprint density at radius 1 is 1.05 bits per heavy atom. The van der Waals surface area contributed by atoms with E-state index in [0.29, 0.717) is 17.4 Å². The number of carbonyl (C=O) groups excluding carboxylic acids is 1. The van der Waals surface area contributed by atoms with Crippen molar-refractivity contribution in [3.63, 3.8) is 0 Å². The minimum atomic E-state index is 0.0623. The molecule has 0 aromatic rings. The van der Waals surface area contributed by atoms with E-state index in [9.17, 15) is 4.79 Å². The first kappa shape index (κ1) is 17.6. The van der Waals surface area contributed by atoms with E-state index in [2.05, 4.69) is 50.9 Å². The third kappa shape index (κ3) is 8.30. The van der Waals surface area contributed by atoms with Gasteiger partial charge in [0.05, 0.1) is 6.04 Å². The van der Waals surface area contributed by atoms with Crippen LogP contribution >= 0.6 is 0 Å². The zero-order valence-corrected chi connectivity index (χ0v) is 13.1. The van der Waals surface area contributed by atoms with E-state index in [1.807, 2.05) is 13.8 Å². The van der Waals surface area contributed by atoms with Gasteiger partial charge in [0.25, 0.3) is 0 Å². The van der Waals surface area contributed by atoms with Crippen molar-refractivity contribution in [3.8, 4) is 0 Å². The maximum absolute atomic E-state index is 10.7. The fourth-order valence-corrected chi connectivity index (χ4v) is 1.48. The van der Waals surface area contributed by atoms with Crippen LogP contribution < -0.4 is 0 Å². The summed E-state index contributed by atoms with van der Waals surface area (Å²) in [5.74, 6) is 1.00. The molecule has 0 rings (SSSR count). The van der Waals surface area contributed by atoms with E-state index < -0.39 is 0 Å². The van der Waals surface area contributed by atoms with E-state index >= 15 is 0 Å². The van der Waals surface area contributed by atoms with Crippen LogP contribution in [-0.2, 0) is 4.79 Å². The molecule has 0 aliphatic rings. The number of hydrogen-bond acceptors (Lipinski definition) is 2. The summed E-state index contributed by atoms with van der Waals surface area (Å²) in [4.78, 5) is 15.2. The number of aldehydes is 1. The first-order chi connectivity index (χ1) is 8.90. The van der Waals surface area contributed by atoms with Crippen molar-refractivity contribution in [2.45, 2.75) is 47.6 Å². The minimum Gasteiger partial charge on any atom is -0.298 e. The zero-order chi connectivity index (χ0) is 14.8. The fraction of sp³-hybridized carbons (Fsp3) is 0.529. The van der Waals surface area contributed by atoms with Crippen LogP contribution in [0.5, 0.6) is 0 Å². The van der Waals surface area contributed by atoms with Crippen LogP contribution in [0.3, 0.4) is 0 Å². The van der Waals surface area contributed by atoms with Gasteiger partial charge in [-0.3, -0.25) is 9.79 Å². The molecule has 2 nitrogen and oxygen atoms in total. The van der Waals surface area contributed by atoms with E-state index in [4.69, 9.17) is 0 Å². The molecule has 0 heterocycles. The number of nitrogens with zero attached hydrogens (tertiary/aromatic N) is 1. The van der Waals surface area contributed by atoms with E-state index in [1.54, 1.807) is 12.3 Å². The molecule has 0 bridgehead atoms. The lowest BCUT2D eigenvalue weighted by Crippen LogP contribution is -2.04. The molecule has 0 saturated heterocycles. The quantitative estimate of drug-likeness (QED) is 0.289. The summed E-state index contributed by atoms with van der Waals surface area (Å²) in [6.07, 6.45) is 10.8. The molecule has 0 aromatic heterocycles. The normalized spacial score (nSPS) is 16.0. The van der Waals surface area contributed by atoms with E-state index in [0.717, 1.165) is 6.29 Å². The zero-order valence-electron chi connectivity index (χ0n) is 13.1. The molecule has 0 aliphatic carbocycles. The van der Waals surface area contributed by atoms with Crippen LogP contribution in [-0.4, -0.2) is 18.5 Å². The fourth-order valence-electron chi connectivity index (χ4n) is 1.48. The molecule has 0 radical (unpaired) electrons. The maximum Gasteiger partial charge on any atom is 0.151 e. The van der Waals surface area contributed by atoms with Crippen molar-refractivity contribution in [2.24, 2.45) is 16.8 Å². The number of allylic oxidation sites excluding steroid dienone is 4. The second kappa shape index (κ2) is 9.48. The molecule has 0 saturated carbocycles. The van der Waals surface area contributed by atoms with Crippen LogP contribution in [0.25, 0.3) is 0 Å². The Bertz CT molecular complexity index is 384. The Morgan fingerprint density at radius 2 is 1.68 bits per heavy atom. The summed E-state index contributed by atoms with van der Waals surface area (Å²) in [7, 11) is 0. The molecular weight excluding hydrogens is 234 g/mol. The molecule has 0 aromatic carbocycles. The van der Waals surface area contributed by atoms with Crippen molar-refractivity contribution in [1.82, 2.24) is 0 Å².